The molecule has 8 nitrogen and oxygen atoms in total. The Labute approximate surface area is 150 Å². The normalized spacial score (nSPS) is 10.9. The standard InChI is InChI=1S/C18H11FN4O4/c19-11-2-1-3-12(6-11)27-13-4-5-15-14(7-13)16(24)22-18(21-15)23-9-10(8-20-23)17(25)26/h1-9H,(H,25,26)(H,21,22,24). The van der Waals surface area contributed by atoms with Crippen molar-refractivity contribution in [2.24, 2.45) is 0 Å². The van der Waals surface area contributed by atoms with Crippen LogP contribution in [0.25, 0.3) is 16.9 Å². The number of carbonyl (C=O) groups is 1. The van der Waals surface area contributed by atoms with Crippen molar-refractivity contribution >= 4 is 16.9 Å². The SMILES string of the molecule is O=C(O)c1cnn(-c2nc3ccc(Oc4cccc(F)c4)cc3c(=O)[nH]2)c1. The summed E-state index contributed by atoms with van der Waals surface area (Å²) in [5.41, 5.74) is -0.114. The van der Waals surface area contributed by atoms with Crippen molar-refractivity contribution < 1.29 is 19.0 Å². The molecule has 0 saturated heterocycles. The van der Waals surface area contributed by atoms with Crippen molar-refractivity contribution in [3.05, 3.63) is 76.6 Å². The molecule has 134 valence electrons. The topological polar surface area (TPSA) is 110 Å². The summed E-state index contributed by atoms with van der Waals surface area (Å²) in [5.74, 6) is -0.840. The van der Waals surface area contributed by atoms with Crippen LogP contribution in [0.15, 0.2) is 59.7 Å². The number of carboxylic acid groups (broad SMARTS) is 1. The predicted molar refractivity (Wildman–Crippen MR) is 92.9 cm³/mol. The van der Waals surface area contributed by atoms with Crippen LogP contribution < -0.4 is 10.3 Å². The van der Waals surface area contributed by atoms with Crippen LogP contribution in [0.3, 0.4) is 0 Å². The van der Waals surface area contributed by atoms with E-state index in [4.69, 9.17) is 9.84 Å². The van der Waals surface area contributed by atoms with Crippen LogP contribution in [-0.4, -0.2) is 30.8 Å². The Hall–Kier alpha value is -4.01. The van der Waals surface area contributed by atoms with Crippen molar-refractivity contribution in [1.29, 1.82) is 0 Å². The summed E-state index contributed by atoms with van der Waals surface area (Å²) in [6.07, 6.45) is 2.40. The second kappa shape index (κ2) is 6.37. The fraction of sp³-hybridized carbons (Fsp3) is 0. The molecule has 2 aromatic heterocycles. The molecule has 0 aliphatic carbocycles. The van der Waals surface area contributed by atoms with Gasteiger partial charge < -0.3 is 9.84 Å². The van der Waals surface area contributed by atoms with Gasteiger partial charge in [0.1, 0.15) is 17.3 Å². The zero-order valence-electron chi connectivity index (χ0n) is 13.6. The van der Waals surface area contributed by atoms with Crippen molar-refractivity contribution in [1.82, 2.24) is 19.7 Å². The minimum atomic E-state index is -1.14. The van der Waals surface area contributed by atoms with Crippen LogP contribution in [0.2, 0.25) is 0 Å². The number of ether oxygens (including phenoxy) is 1. The Morgan fingerprint density at radius 3 is 2.74 bits per heavy atom. The highest BCUT2D eigenvalue weighted by Crippen LogP contribution is 2.24. The minimum Gasteiger partial charge on any atom is -0.478 e. The fourth-order valence-electron chi connectivity index (χ4n) is 2.49. The molecule has 0 radical (unpaired) electrons. The molecule has 4 aromatic rings. The van der Waals surface area contributed by atoms with Crippen molar-refractivity contribution in [2.45, 2.75) is 0 Å². The van der Waals surface area contributed by atoms with Gasteiger partial charge in [-0.1, -0.05) is 6.07 Å². The van der Waals surface area contributed by atoms with Gasteiger partial charge >= 0.3 is 5.97 Å². The number of aromatic carboxylic acids is 1. The lowest BCUT2D eigenvalue weighted by molar-refractivity contribution is 0.0697. The minimum absolute atomic E-state index is 0.0309. The van der Waals surface area contributed by atoms with Gasteiger partial charge in [-0.15, -0.1) is 0 Å². The highest BCUT2D eigenvalue weighted by Gasteiger charge is 2.11. The van der Waals surface area contributed by atoms with E-state index in [9.17, 15) is 14.0 Å². The molecule has 0 amide bonds. The van der Waals surface area contributed by atoms with E-state index in [0.717, 1.165) is 6.20 Å². The van der Waals surface area contributed by atoms with Gasteiger partial charge in [-0.3, -0.25) is 9.78 Å². The Balaban J connectivity index is 1.71. The van der Waals surface area contributed by atoms with Gasteiger partial charge in [-0.05, 0) is 30.3 Å². The summed E-state index contributed by atoms with van der Waals surface area (Å²) < 4.78 is 20.0. The molecular weight excluding hydrogens is 355 g/mol. The number of rotatable bonds is 4. The smallest absolute Gasteiger partial charge is 0.338 e. The summed E-state index contributed by atoms with van der Waals surface area (Å²) in [7, 11) is 0. The van der Waals surface area contributed by atoms with Crippen LogP contribution in [0.5, 0.6) is 11.5 Å². The van der Waals surface area contributed by atoms with E-state index < -0.39 is 17.3 Å². The molecule has 27 heavy (non-hydrogen) atoms. The fourth-order valence-corrected chi connectivity index (χ4v) is 2.49. The summed E-state index contributed by atoms with van der Waals surface area (Å²) in [6.45, 7) is 0. The molecule has 0 aliphatic heterocycles. The number of halogens is 1. The monoisotopic (exact) mass is 366 g/mol. The molecule has 0 fully saturated rings. The first-order valence-corrected chi connectivity index (χ1v) is 7.75. The largest absolute Gasteiger partial charge is 0.478 e. The van der Waals surface area contributed by atoms with Crippen molar-refractivity contribution in [3.63, 3.8) is 0 Å². The van der Waals surface area contributed by atoms with E-state index in [1.165, 1.54) is 35.1 Å². The molecule has 2 heterocycles. The molecule has 2 N–H and O–H groups in total. The van der Waals surface area contributed by atoms with Gasteiger partial charge in [0.15, 0.2) is 0 Å². The van der Waals surface area contributed by atoms with Crippen LogP contribution in [-0.2, 0) is 0 Å². The second-order valence-electron chi connectivity index (χ2n) is 5.61. The lowest BCUT2D eigenvalue weighted by atomic mass is 10.2. The maximum absolute atomic E-state index is 13.3. The van der Waals surface area contributed by atoms with Crippen LogP contribution in [0.4, 0.5) is 4.39 Å². The third-order valence-electron chi connectivity index (χ3n) is 3.74. The molecule has 9 heteroatoms. The highest BCUT2D eigenvalue weighted by molar-refractivity contribution is 5.87. The Kier molecular flexibility index (Phi) is 3.88. The van der Waals surface area contributed by atoms with E-state index in [1.54, 1.807) is 18.2 Å². The quantitative estimate of drug-likeness (QED) is 0.575. The maximum Gasteiger partial charge on any atom is 0.338 e. The third kappa shape index (κ3) is 3.25. The van der Waals surface area contributed by atoms with Gasteiger partial charge in [-0.25, -0.2) is 18.9 Å². The molecule has 0 bridgehead atoms. The maximum atomic E-state index is 13.3. The van der Waals surface area contributed by atoms with Crippen LogP contribution in [0, 0.1) is 5.82 Å². The Morgan fingerprint density at radius 1 is 1.19 bits per heavy atom. The van der Waals surface area contributed by atoms with Gasteiger partial charge in [0.2, 0.25) is 5.95 Å². The summed E-state index contributed by atoms with van der Waals surface area (Å²) in [5, 5.41) is 13.1. The first-order valence-electron chi connectivity index (χ1n) is 7.75. The van der Waals surface area contributed by atoms with E-state index in [-0.39, 0.29) is 16.9 Å². The summed E-state index contributed by atoms with van der Waals surface area (Å²) in [4.78, 5) is 30.2. The van der Waals surface area contributed by atoms with E-state index >= 15 is 0 Å². The van der Waals surface area contributed by atoms with Crippen LogP contribution in [0.1, 0.15) is 10.4 Å². The number of benzene rings is 2. The zero-order valence-corrected chi connectivity index (χ0v) is 13.6. The van der Waals surface area contributed by atoms with Gasteiger partial charge in [0.25, 0.3) is 5.56 Å². The molecule has 0 aliphatic rings. The number of nitrogens with zero attached hydrogens (tertiary/aromatic N) is 3. The van der Waals surface area contributed by atoms with Crippen LogP contribution >= 0.6 is 0 Å². The molecule has 0 unspecified atom stereocenters. The Bertz CT molecular complexity index is 1230. The van der Waals surface area contributed by atoms with E-state index in [2.05, 4.69) is 15.1 Å². The predicted octanol–water partition coefficient (Wildman–Crippen LogP) is 2.74. The average molecular weight is 366 g/mol. The number of aromatic nitrogens is 4. The lowest BCUT2D eigenvalue weighted by Crippen LogP contribution is -2.14. The molecule has 0 atom stereocenters. The van der Waals surface area contributed by atoms with Gasteiger partial charge in [0.05, 0.1) is 22.7 Å². The highest BCUT2D eigenvalue weighted by atomic mass is 19.1. The zero-order chi connectivity index (χ0) is 19.0. The van der Waals surface area contributed by atoms with Gasteiger partial charge in [-0.2, -0.15) is 5.10 Å². The van der Waals surface area contributed by atoms with E-state index in [0.29, 0.717) is 17.0 Å². The number of fused-ring (bicyclic) bond motifs is 1. The molecule has 0 saturated carbocycles. The van der Waals surface area contributed by atoms with Crippen molar-refractivity contribution in [3.8, 4) is 17.4 Å². The van der Waals surface area contributed by atoms with Crippen molar-refractivity contribution in [2.75, 3.05) is 0 Å². The number of nitrogens with one attached hydrogen (secondary N) is 1. The lowest BCUT2D eigenvalue weighted by Gasteiger charge is -2.07. The third-order valence-corrected chi connectivity index (χ3v) is 3.74. The summed E-state index contributed by atoms with van der Waals surface area (Å²) in [6, 6.07) is 10.3. The Morgan fingerprint density at radius 2 is 2.00 bits per heavy atom. The molecule has 2 aromatic carbocycles. The number of H-pyrrole nitrogens is 1. The average Bonchev–Trinajstić information content (AvgIpc) is 3.13. The number of hydrogen-bond donors (Lipinski definition) is 2. The number of hydrogen-bond acceptors (Lipinski definition) is 5. The second-order valence-corrected chi connectivity index (χ2v) is 5.61. The van der Waals surface area contributed by atoms with E-state index in [1.807, 2.05) is 0 Å². The molecule has 4 rings (SSSR count). The van der Waals surface area contributed by atoms with Gasteiger partial charge in [0, 0.05) is 12.3 Å². The first-order chi connectivity index (χ1) is 13.0. The number of aromatic amines is 1. The number of carboxylic acids is 1. The molecule has 0 spiro atoms. The first kappa shape index (κ1) is 16.5. The summed E-state index contributed by atoms with van der Waals surface area (Å²) >= 11 is 0. The molecular formula is C18H11FN4O4.